The molecule has 3 N–H and O–H groups in total. The zero-order chi connectivity index (χ0) is 15.6. The van der Waals surface area contributed by atoms with E-state index in [-0.39, 0.29) is 5.56 Å². The van der Waals surface area contributed by atoms with E-state index in [1.54, 1.807) is 6.92 Å². The number of pyridine rings is 1. The SMILES string of the molecule is Cc1ccc(F)cc1C(NN)c1cnccc1C(F)(F)F. The highest BCUT2D eigenvalue weighted by molar-refractivity contribution is 5.40. The summed E-state index contributed by atoms with van der Waals surface area (Å²) in [6, 6.07) is 3.74. The number of alkyl halides is 3. The van der Waals surface area contributed by atoms with Crippen molar-refractivity contribution in [2.45, 2.75) is 19.1 Å². The summed E-state index contributed by atoms with van der Waals surface area (Å²) in [5, 5.41) is 0. The topological polar surface area (TPSA) is 50.9 Å². The van der Waals surface area contributed by atoms with Crippen molar-refractivity contribution in [3.05, 3.63) is 64.7 Å². The molecule has 0 bridgehead atoms. The largest absolute Gasteiger partial charge is 0.416 e. The second kappa shape index (κ2) is 5.79. The quantitative estimate of drug-likeness (QED) is 0.520. The third-order valence-corrected chi connectivity index (χ3v) is 3.19. The molecular formula is C14H13F4N3. The van der Waals surface area contributed by atoms with Crippen LogP contribution < -0.4 is 11.3 Å². The number of rotatable bonds is 3. The van der Waals surface area contributed by atoms with E-state index in [0.29, 0.717) is 11.1 Å². The number of aromatic nitrogens is 1. The summed E-state index contributed by atoms with van der Waals surface area (Å²) in [5.41, 5.74) is 2.25. The zero-order valence-electron chi connectivity index (χ0n) is 11.1. The number of hydrogen-bond donors (Lipinski definition) is 2. The molecule has 1 unspecified atom stereocenters. The molecule has 2 aromatic rings. The van der Waals surface area contributed by atoms with Gasteiger partial charge < -0.3 is 0 Å². The van der Waals surface area contributed by atoms with E-state index in [2.05, 4.69) is 10.4 Å². The molecule has 112 valence electrons. The van der Waals surface area contributed by atoms with Crippen LogP contribution in [0.3, 0.4) is 0 Å². The number of benzene rings is 1. The maximum absolute atomic E-state index is 13.4. The number of halogens is 4. The van der Waals surface area contributed by atoms with Crippen LogP contribution in [0.1, 0.15) is 28.3 Å². The Balaban J connectivity index is 2.60. The summed E-state index contributed by atoms with van der Waals surface area (Å²) in [4.78, 5) is 3.72. The maximum atomic E-state index is 13.4. The first-order valence-electron chi connectivity index (χ1n) is 6.08. The van der Waals surface area contributed by atoms with Gasteiger partial charge in [0.25, 0.3) is 0 Å². The first kappa shape index (κ1) is 15.4. The molecule has 2 rings (SSSR count). The Kier molecular flexibility index (Phi) is 4.24. The van der Waals surface area contributed by atoms with Crippen molar-refractivity contribution in [2.75, 3.05) is 0 Å². The van der Waals surface area contributed by atoms with E-state index in [9.17, 15) is 17.6 Å². The second-order valence-electron chi connectivity index (χ2n) is 4.56. The van der Waals surface area contributed by atoms with Crippen molar-refractivity contribution in [1.29, 1.82) is 0 Å². The van der Waals surface area contributed by atoms with Crippen LogP contribution in [0.25, 0.3) is 0 Å². The molecule has 0 spiro atoms. The molecule has 0 aliphatic heterocycles. The minimum Gasteiger partial charge on any atom is -0.271 e. The molecule has 0 aliphatic carbocycles. The Morgan fingerprint density at radius 1 is 1.19 bits per heavy atom. The van der Waals surface area contributed by atoms with Crippen LogP contribution in [0.5, 0.6) is 0 Å². The number of nitrogens with two attached hydrogens (primary N) is 1. The van der Waals surface area contributed by atoms with Crippen LogP contribution >= 0.6 is 0 Å². The summed E-state index contributed by atoms with van der Waals surface area (Å²) in [6.07, 6.45) is -2.41. The summed E-state index contributed by atoms with van der Waals surface area (Å²) in [7, 11) is 0. The Morgan fingerprint density at radius 3 is 2.52 bits per heavy atom. The Bertz CT molecular complexity index is 640. The van der Waals surface area contributed by atoms with Crippen molar-refractivity contribution >= 4 is 0 Å². The lowest BCUT2D eigenvalue weighted by Crippen LogP contribution is -2.31. The number of aryl methyl sites for hydroxylation is 1. The fraction of sp³-hybridized carbons (Fsp3) is 0.214. The molecule has 1 atom stereocenters. The summed E-state index contributed by atoms with van der Waals surface area (Å²) < 4.78 is 52.6. The molecule has 3 nitrogen and oxygen atoms in total. The molecule has 0 amide bonds. The second-order valence-corrected chi connectivity index (χ2v) is 4.56. The van der Waals surface area contributed by atoms with Crippen LogP contribution in [-0.2, 0) is 6.18 Å². The van der Waals surface area contributed by atoms with Crippen molar-refractivity contribution in [1.82, 2.24) is 10.4 Å². The van der Waals surface area contributed by atoms with Crippen molar-refractivity contribution < 1.29 is 17.6 Å². The predicted molar refractivity (Wildman–Crippen MR) is 69.5 cm³/mol. The standard InChI is InChI=1S/C14H13F4N3/c1-8-2-3-9(15)6-10(8)13(21-19)11-7-20-5-4-12(11)14(16,17)18/h2-7,13,21H,19H2,1H3. The maximum Gasteiger partial charge on any atom is 0.416 e. The van der Waals surface area contributed by atoms with Crippen LogP contribution in [0.2, 0.25) is 0 Å². The Labute approximate surface area is 118 Å². The third-order valence-electron chi connectivity index (χ3n) is 3.19. The van der Waals surface area contributed by atoms with E-state index < -0.39 is 23.6 Å². The van der Waals surface area contributed by atoms with Gasteiger partial charge in [-0.05, 0) is 36.2 Å². The summed E-state index contributed by atoms with van der Waals surface area (Å²) in [5.74, 6) is 4.85. The van der Waals surface area contributed by atoms with Gasteiger partial charge in [0.1, 0.15) is 5.82 Å². The van der Waals surface area contributed by atoms with E-state index in [0.717, 1.165) is 24.5 Å². The highest BCUT2D eigenvalue weighted by Crippen LogP contribution is 2.36. The van der Waals surface area contributed by atoms with Gasteiger partial charge in [-0.3, -0.25) is 10.8 Å². The fourth-order valence-electron chi connectivity index (χ4n) is 2.16. The van der Waals surface area contributed by atoms with Crippen LogP contribution in [0.4, 0.5) is 17.6 Å². The molecule has 21 heavy (non-hydrogen) atoms. The molecule has 7 heteroatoms. The molecule has 0 fully saturated rings. The highest BCUT2D eigenvalue weighted by Gasteiger charge is 2.35. The molecule has 0 saturated carbocycles. The summed E-state index contributed by atoms with van der Waals surface area (Å²) >= 11 is 0. The minimum atomic E-state index is -4.55. The normalized spacial score (nSPS) is 13.2. The monoisotopic (exact) mass is 299 g/mol. The van der Waals surface area contributed by atoms with Crippen molar-refractivity contribution in [3.63, 3.8) is 0 Å². The number of nitrogens with zero attached hydrogens (tertiary/aromatic N) is 1. The fourth-order valence-corrected chi connectivity index (χ4v) is 2.16. The van der Waals surface area contributed by atoms with Crippen molar-refractivity contribution in [2.24, 2.45) is 5.84 Å². The Hall–Kier alpha value is -1.99. The summed E-state index contributed by atoms with van der Waals surface area (Å²) in [6.45, 7) is 1.67. The van der Waals surface area contributed by atoms with Gasteiger partial charge in [0.15, 0.2) is 0 Å². The molecule has 1 aromatic carbocycles. The van der Waals surface area contributed by atoms with Gasteiger partial charge in [-0.2, -0.15) is 13.2 Å². The number of nitrogens with one attached hydrogen (secondary N) is 1. The minimum absolute atomic E-state index is 0.152. The van der Waals surface area contributed by atoms with E-state index >= 15 is 0 Å². The number of hydrogen-bond acceptors (Lipinski definition) is 3. The van der Waals surface area contributed by atoms with Gasteiger partial charge in [-0.1, -0.05) is 6.07 Å². The van der Waals surface area contributed by atoms with E-state index in [1.807, 2.05) is 0 Å². The van der Waals surface area contributed by atoms with Gasteiger partial charge in [-0.15, -0.1) is 0 Å². The third kappa shape index (κ3) is 3.20. The van der Waals surface area contributed by atoms with Gasteiger partial charge in [-0.25, -0.2) is 9.82 Å². The molecular weight excluding hydrogens is 286 g/mol. The average Bonchev–Trinajstić information content (AvgIpc) is 2.43. The van der Waals surface area contributed by atoms with Crippen LogP contribution in [0.15, 0.2) is 36.7 Å². The Morgan fingerprint density at radius 2 is 1.90 bits per heavy atom. The average molecular weight is 299 g/mol. The molecule has 1 aromatic heterocycles. The van der Waals surface area contributed by atoms with Crippen LogP contribution in [0, 0.1) is 12.7 Å². The first-order valence-corrected chi connectivity index (χ1v) is 6.08. The van der Waals surface area contributed by atoms with Crippen molar-refractivity contribution in [3.8, 4) is 0 Å². The molecule has 0 radical (unpaired) electrons. The smallest absolute Gasteiger partial charge is 0.271 e. The lowest BCUT2D eigenvalue weighted by Gasteiger charge is -2.22. The zero-order valence-corrected chi connectivity index (χ0v) is 11.1. The van der Waals surface area contributed by atoms with E-state index in [4.69, 9.17) is 5.84 Å². The van der Waals surface area contributed by atoms with Gasteiger partial charge >= 0.3 is 6.18 Å². The van der Waals surface area contributed by atoms with E-state index in [1.165, 1.54) is 12.1 Å². The van der Waals surface area contributed by atoms with Gasteiger partial charge in [0.05, 0.1) is 11.6 Å². The first-order chi connectivity index (χ1) is 9.84. The van der Waals surface area contributed by atoms with Gasteiger partial charge in [0.2, 0.25) is 0 Å². The molecule has 0 saturated heterocycles. The predicted octanol–water partition coefficient (Wildman–Crippen LogP) is 3.10. The molecule has 0 aliphatic rings. The lowest BCUT2D eigenvalue weighted by atomic mass is 9.93. The van der Waals surface area contributed by atoms with Gasteiger partial charge in [0, 0.05) is 18.0 Å². The highest BCUT2D eigenvalue weighted by atomic mass is 19.4. The molecule has 1 heterocycles. The lowest BCUT2D eigenvalue weighted by molar-refractivity contribution is -0.138. The number of hydrazine groups is 1. The van der Waals surface area contributed by atoms with Crippen LogP contribution in [-0.4, -0.2) is 4.98 Å².